The molecule has 2 aliphatic heterocycles. The number of rotatable bonds is 1. The zero-order chi connectivity index (χ0) is 11.9. The first kappa shape index (κ1) is 11.9. The molecule has 2 fully saturated rings. The Morgan fingerprint density at radius 1 is 1.25 bits per heavy atom. The fourth-order valence-electron chi connectivity index (χ4n) is 3.17. The third-order valence-electron chi connectivity index (χ3n) is 3.74. The Morgan fingerprint density at radius 2 is 1.75 bits per heavy atom. The maximum atomic E-state index is 12.3. The van der Waals surface area contributed by atoms with E-state index in [1.54, 1.807) is 0 Å². The molecule has 3 heteroatoms. The third-order valence-corrected chi connectivity index (χ3v) is 3.74. The fraction of sp³-hybridized carbons (Fsp3) is 0.923. The lowest BCUT2D eigenvalue weighted by Gasteiger charge is -2.39. The minimum absolute atomic E-state index is 0.0933. The minimum Gasteiger partial charge on any atom is -0.337 e. The normalized spacial score (nSPS) is 34.2. The molecular formula is C13H24N2O. The summed E-state index contributed by atoms with van der Waals surface area (Å²) in [6.45, 7) is 6.38. The summed E-state index contributed by atoms with van der Waals surface area (Å²) in [6.07, 6.45) is 5.00. The van der Waals surface area contributed by atoms with Crippen LogP contribution in [0.25, 0.3) is 0 Å². The lowest BCUT2D eigenvalue weighted by atomic mass is 9.90. The molecule has 2 heterocycles. The summed E-state index contributed by atoms with van der Waals surface area (Å²) in [4.78, 5) is 14.4. The molecular weight excluding hydrogens is 200 g/mol. The molecule has 0 aromatic heterocycles. The zero-order valence-corrected chi connectivity index (χ0v) is 10.7. The van der Waals surface area contributed by atoms with Gasteiger partial charge in [-0.05, 0) is 31.1 Å². The summed E-state index contributed by atoms with van der Waals surface area (Å²) in [7, 11) is 0. The van der Waals surface area contributed by atoms with Crippen molar-refractivity contribution in [3.8, 4) is 0 Å². The number of piperidine rings is 1. The molecule has 0 radical (unpaired) electrons. The van der Waals surface area contributed by atoms with Gasteiger partial charge in [0.2, 0.25) is 5.91 Å². The first-order valence-electron chi connectivity index (χ1n) is 6.43. The van der Waals surface area contributed by atoms with E-state index in [2.05, 4.69) is 25.7 Å². The molecule has 16 heavy (non-hydrogen) atoms. The largest absolute Gasteiger partial charge is 0.337 e. The maximum Gasteiger partial charge on any atom is 0.223 e. The van der Waals surface area contributed by atoms with E-state index in [-0.39, 0.29) is 5.41 Å². The van der Waals surface area contributed by atoms with Gasteiger partial charge in [0.15, 0.2) is 0 Å². The maximum absolute atomic E-state index is 12.3. The predicted molar refractivity (Wildman–Crippen MR) is 64.9 cm³/mol. The number of carbonyl (C=O) groups excluding carboxylic acids is 1. The minimum atomic E-state index is 0.0933. The van der Waals surface area contributed by atoms with Crippen LogP contribution in [0.1, 0.15) is 52.9 Å². The fourth-order valence-corrected chi connectivity index (χ4v) is 3.17. The average molecular weight is 224 g/mol. The first-order valence-corrected chi connectivity index (χ1v) is 6.43. The molecule has 2 aliphatic rings. The van der Waals surface area contributed by atoms with Crippen LogP contribution in [-0.2, 0) is 4.79 Å². The SMILES string of the molecule is CC(C)(C)CC(=O)N1C2CCC1CC(N)C2. The van der Waals surface area contributed by atoms with Gasteiger partial charge >= 0.3 is 0 Å². The van der Waals surface area contributed by atoms with Crippen molar-refractivity contribution in [2.75, 3.05) is 0 Å². The van der Waals surface area contributed by atoms with Crippen LogP contribution in [0.4, 0.5) is 0 Å². The highest BCUT2D eigenvalue weighted by Gasteiger charge is 2.42. The van der Waals surface area contributed by atoms with Crippen LogP contribution in [-0.4, -0.2) is 28.9 Å². The average Bonchev–Trinajstić information content (AvgIpc) is 2.36. The number of fused-ring (bicyclic) bond motifs is 2. The van der Waals surface area contributed by atoms with Gasteiger partial charge in [0, 0.05) is 24.5 Å². The first-order chi connectivity index (χ1) is 7.37. The van der Waals surface area contributed by atoms with Crippen molar-refractivity contribution in [3.63, 3.8) is 0 Å². The van der Waals surface area contributed by atoms with Crippen molar-refractivity contribution in [1.82, 2.24) is 4.90 Å². The van der Waals surface area contributed by atoms with Crippen LogP contribution >= 0.6 is 0 Å². The van der Waals surface area contributed by atoms with Crippen LogP contribution in [0.2, 0.25) is 0 Å². The second kappa shape index (κ2) is 4.02. The van der Waals surface area contributed by atoms with E-state index in [1.165, 1.54) is 0 Å². The molecule has 0 saturated carbocycles. The smallest absolute Gasteiger partial charge is 0.223 e. The van der Waals surface area contributed by atoms with E-state index >= 15 is 0 Å². The number of hydrogen-bond donors (Lipinski definition) is 1. The van der Waals surface area contributed by atoms with Crippen LogP contribution in [0, 0.1) is 5.41 Å². The molecule has 2 unspecified atom stereocenters. The lowest BCUT2D eigenvalue weighted by Crippen LogP contribution is -2.50. The predicted octanol–water partition coefficient (Wildman–Crippen LogP) is 1.90. The second-order valence-electron chi connectivity index (χ2n) is 6.65. The molecule has 0 spiro atoms. The number of hydrogen-bond acceptors (Lipinski definition) is 2. The highest BCUT2D eigenvalue weighted by atomic mass is 16.2. The molecule has 2 atom stereocenters. The van der Waals surface area contributed by atoms with Gasteiger partial charge in [0.25, 0.3) is 0 Å². The third kappa shape index (κ3) is 2.40. The quantitative estimate of drug-likeness (QED) is 0.739. The molecule has 2 N–H and O–H groups in total. The standard InChI is InChI=1S/C13H24N2O/c1-13(2,3)8-12(16)15-10-4-5-11(15)7-9(14)6-10/h9-11H,4-8,14H2,1-3H3. The van der Waals surface area contributed by atoms with Crippen LogP contribution in [0.15, 0.2) is 0 Å². The number of amides is 1. The van der Waals surface area contributed by atoms with E-state index in [0.717, 1.165) is 25.7 Å². The van der Waals surface area contributed by atoms with Gasteiger partial charge in [-0.2, -0.15) is 0 Å². The Hall–Kier alpha value is -0.570. The van der Waals surface area contributed by atoms with E-state index in [1.807, 2.05) is 0 Å². The topological polar surface area (TPSA) is 46.3 Å². The number of nitrogens with two attached hydrogens (primary N) is 1. The Balaban J connectivity index is 2.03. The van der Waals surface area contributed by atoms with Gasteiger partial charge in [-0.3, -0.25) is 4.79 Å². The van der Waals surface area contributed by atoms with Gasteiger partial charge < -0.3 is 10.6 Å². The highest BCUT2D eigenvalue weighted by molar-refractivity contribution is 5.78. The number of nitrogens with zero attached hydrogens (tertiary/aromatic N) is 1. The lowest BCUT2D eigenvalue weighted by molar-refractivity contribution is -0.137. The van der Waals surface area contributed by atoms with E-state index < -0.39 is 0 Å². The molecule has 92 valence electrons. The van der Waals surface area contributed by atoms with Crippen molar-refractivity contribution in [1.29, 1.82) is 0 Å². The van der Waals surface area contributed by atoms with Crippen LogP contribution in [0.3, 0.4) is 0 Å². The Morgan fingerprint density at radius 3 is 2.19 bits per heavy atom. The van der Waals surface area contributed by atoms with Gasteiger partial charge in [0.1, 0.15) is 0 Å². The van der Waals surface area contributed by atoms with Crippen LogP contribution < -0.4 is 5.73 Å². The van der Waals surface area contributed by atoms with E-state index in [4.69, 9.17) is 5.73 Å². The Bertz CT molecular complexity index is 268. The highest BCUT2D eigenvalue weighted by Crippen LogP contribution is 2.36. The van der Waals surface area contributed by atoms with Gasteiger partial charge in [-0.25, -0.2) is 0 Å². The van der Waals surface area contributed by atoms with E-state index in [0.29, 0.717) is 30.5 Å². The van der Waals surface area contributed by atoms with Crippen molar-refractivity contribution in [2.45, 2.75) is 71.0 Å². The molecule has 3 nitrogen and oxygen atoms in total. The summed E-state index contributed by atoms with van der Waals surface area (Å²) in [6, 6.07) is 1.18. The monoisotopic (exact) mass is 224 g/mol. The Kier molecular flexibility index (Phi) is 2.99. The molecule has 2 saturated heterocycles. The summed E-state index contributed by atoms with van der Waals surface area (Å²) >= 11 is 0. The Labute approximate surface area is 98.4 Å². The van der Waals surface area contributed by atoms with Gasteiger partial charge in [-0.15, -0.1) is 0 Å². The van der Waals surface area contributed by atoms with Crippen molar-refractivity contribution in [3.05, 3.63) is 0 Å². The summed E-state index contributed by atoms with van der Waals surface area (Å²) in [5.41, 5.74) is 6.10. The molecule has 0 aromatic carbocycles. The van der Waals surface area contributed by atoms with E-state index in [9.17, 15) is 4.79 Å². The molecule has 0 aromatic rings. The van der Waals surface area contributed by atoms with Crippen LogP contribution in [0.5, 0.6) is 0 Å². The molecule has 2 bridgehead atoms. The van der Waals surface area contributed by atoms with Gasteiger partial charge in [-0.1, -0.05) is 20.8 Å². The molecule has 0 aliphatic carbocycles. The molecule has 1 amide bonds. The van der Waals surface area contributed by atoms with Crippen molar-refractivity contribution < 1.29 is 4.79 Å². The zero-order valence-electron chi connectivity index (χ0n) is 10.7. The summed E-state index contributed by atoms with van der Waals surface area (Å²) in [5.74, 6) is 0.340. The second-order valence-corrected chi connectivity index (χ2v) is 6.65. The summed E-state index contributed by atoms with van der Waals surface area (Å²) in [5, 5.41) is 0. The van der Waals surface area contributed by atoms with Crippen molar-refractivity contribution in [2.24, 2.45) is 11.1 Å². The van der Waals surface area contributed by atoms with Crippen molar-refractivity contribution >= 4 is 5.91 Å². The summed E-state index contributed by atoms with van der Waals surface area (Å²) < 4.78 is 0. The number of carbonyl (C=O) groups is 1. The molecule has 2 rings (SSSR count). The van der Waals surface area contributed by atoms with Gasteiger partial charge in [0.05, 0.1) is 0 Å².